The standard InChI is InChI=1S/C13H11Cl3N2O5S/c1-17-24(20,21)8-5-10(15)13(11(16)6-8)22-12-3-2-7(18-23-19)4-9(12)14/h2-6,17-19H,1H3. The second-order valence-electron chi connectivity index (χ2n) is 4.36. The minimum Gasteiger partial charge on any atom is -0.453 e. The molecule has 3 N–H and O–H groups in total. The molecule has 0 aromatic heterocycles. The highest BCUT2D eigenvalue weighted by Crippen LogP contribution is 2.40. The summed E-state index contributed by atoms with van der Waals surface area (Å²) >= 11 is 18.2. The number of halogens is 3. The third-order valence-electron chi connectivity index (χ3n) is 2.86. The van der Waals surface area contributed by atoms with Crippen molar-refractivity contribution in [3.8, 4) is 11.5 Å². The van der Waals surface area contributed by atoms with Gasteiger partial charge in [-0.2, -0.15) is 0 Å². The van der Waals surface area contributed by atoms with E-state index in [1.807, 2.05) is 0 Å². The van der Waals surface area contributed by atoms with Crippen LogP contribution in [0.4, 0.5) is 5.69 Å². The number of rotatable bonds is 6. The van der Waals surface area contributed by atoms with Gasteiger partial charge in [0, 0.05) is 0 Å². The molecule has 0 amide bonds. The lowest BCUT2D eigenvalue weighted by Crippen LogP contribution is -2.18. The maximum Gasteiger partial charge on any atom is 0.240 e. The second-order valence-corrected chi connectivity index (χ2v) is 7.47. The maximum absolute atomic E-state index is 11.8. The molecule has 0 unspecified atom stereocenters. The predicted octanol–water partition coefficient (Wildman–Crippen LogP) is 4.16. The Kier molecular flexibility index (Phi) is 6.16. The predicted molar refractivity (Wildman–Crippen MR) is 91.6 cm³/mol. The van der Waals surface area contributed by atoms with Crippen LogP contribution in [-0.2, 0) is 15.0 Å². The van der Waals surface area contributed by atoms with Crippen molar-refractivity contribution in [1.29, 1.82) is 0 Å². The zero-order valence-electron chi connectivity index (χ0n) is 12.0. The van der Waals surface area contributed by atoms with Crippen LogP contribution in [0, 0.1) is 0 Å². The number of ether oxygens (including phenoxy) is 1. The highest BCUT2D eigenvalue weighted by molar-refractivity contribution is 7.89. The summed E-state index contributed by atoms with van der Waals surface area (Å²) in [6, 6.07) is 6.83. The van der Waals surface area contributed by atoms with Crippen molar-refractivity contribution in [2.75, 3.05) is 12.5 Å². The first-order chi connectivity index (χ1) is 11.3. The van der Waals surface area contributed by atoms with Crippen LogP contribution in [0.15, 0.2) is 35.2 Å². The van der Waals surface area contributed by atoms with Gasteiger partial charge in [0.2, 0.25) is 10.0 Å². The number of benzene rings is 2. The number of nitrogens with one attached hydrogen (secondary N) is 2. The van der Waals surface area contributed by atoms with Gasteiger partial charge in [-0.15, -0.1) is 4.99 Å². The second kappa shape index (κ2) is 7.75. The van der Waals surface area contributed by atoms with E-state index in [-0.39, 0.29) is 31.5 Å². The van der Waals surface area contributed by atoms with Crippen LogP contribution < -0.4 is 14.9 Å². The summed E-state index contributed by atoms with van der Waals surface area (Å²) < 4.78 is 31.3. The summed E-state index contributed by atoms with van der Waals surface area (Å²) in [4.78, 5) is 3.68. The first kappa shape index (κ1) is 19.1. The number of anilines is 1. The van der Waals surface area contributed by atoms with Crippen molar-refractivity contribution in [2.45, 2.75) is 4.90 Å². The molecule has 0 aliphatic rings. The molecule has 0 aliphatic carbocycles. The quantitative estimate of drug-likeness (QED) is 0.486. The van der Waals surface area contributed by atoms with Crippen LogP contribution in [0.5, 0.6) is 11.5 Å². The summed E-state index contributed by atoms with van der Waals surface area (Å²) in [6.45, 7) is 0. The molecule has 0 saturated heterocycles. The van der Waals surface area contributed by atoms with Crippen molar-refractivity contribution >= 4 is 50.5 Å². The molecule has 7 nitrogen and oxygen atoms in total. The zero-order valence-corrected chi connectivity index (χ0v) is 15.1. The van der Waals surface area contributed by atoms with Crippen molar-refractivity contribution in [3.63, 3.8) is 0 Å². The zero-order chi connectivity index (χ0) is 17.9. The van der Waals surface area contributed by atoms with Crippen molar-refractivity contribution in [1.82, 2.24) is 4.72 Å². The van der Waals surface area contributed by atoms with Crippen LogP contribution >= 0.6 is 34.8 Å². The van der Waals surface area contributed by atoms with Gasteiger partial charge in [-0.1, -0.05) is 34.8 Å². The van der Waals surface area contributed by atoms with Crippen LogP contribution in [0.25, 0.3) is 0 Å². The molecule has 0 radical (unpaired) electrons. The molecule has 0 atom stereocenters. The van der Waals surface area contributed by atoms with Gasteiger partial charge in [0.1, 0.15) is 5.75 Å². The Morgan fingerprint density at radius 1 is 1.04 bits per heavy atom. The SMILES string of the molecule is CNS(=O)(=O)c1cc(Cl)c(Oc2ccc(NOO)cc2Cl)c(Cl)c1. The van der Waals surface area contributed by atoms with Gasteiger partial charge in [0.15, 0.2) is 5.75 Å². The lowest BCUT2D eigenvalue weighted by atomic mass is 10.3. The molecule has 0 spiro atoms. The highest BCUT2D eigenvalue weighted by atomic mass is 35.5. The normalized spacial score (nSPS) is 11.4. The lowest BCUT2D eigenvalue weighted by molar-refractivity contribution is -0.215. The molecule has 130 valence electrons. The Labute approximate surface area is 153 Å². The van der Waals surface area contributed by atoms with Crippen LogP contribution in [-0.4, -0.2) is 20.7 Å². The fraction of sp³-hybridized carbons (Fsp3) is 0.0769. The smallest absolute Gasteiger partial charge is 0.240 e. The Morgan fingerprint density at radius 3 is 2.17 bits per heavy atom. The van der Waals surface area contributed by atoms with E-state index in [4.69, 9.17) is 44.8 Å². The molecule has 0 fully saturated rings. The molecule has 2 rings (SSSR count). The minimum absolute atomic E-state index is 0.00622. The number of hydrogen-bond donors (Lipinski definition) is 3. The van der Waals surface area contributed by atoms with Crippen LogP contribution in [0.3, 0.4) is 0 Å². The van der Waals surface area contributed by atoms with Gasteiger partial charge < -0.3 is 4.74 Å². The molecule has 0 aliphatic heterocycles. The Morgan fingerprint density at radius 2 is 1.67 bits per heavy atom. The fourth-order valence-corrected chi connectivity index (χ4v) is 3.41. The summed E-state index contributed by atoms with van der Waals surface area (Å²) in [7, 11) is -2.43. The van der Waals surface area contributed by atoms with Crippen LogP contribution in [0.1, 0.15) is 0 Å². The molecule has 0 saturated carbocycles. The summed E-state index contributed by atoms with van der Waals surface area (Å²) in [5.74, 6) is 0.266. The van der Waals surface area contributed by atoms with E-state index in [0.717, 1.165) is 0 Å². The van der Waals surface area contributed by atoms with Gasteiger partial charge >= 0.3 is 0 Å². The highest BCUT2D eigenvalue weighted by Gasteiger charge is 2.19. The average Bonchev–Trinajstić information content (AvgIpc) is 2.52. The van der Waals surface area contributed by atoms with Crippen molar-refractivity contribution < 1.29 is 23.4 Å². The van der Waals surface area contributed by atoms with Gasteiger partial charge in [-0.3, -0.25) is 0 Å². The third-order valence-corrected chi connectivity index (χ3v) is 5.11. The molecule has 2 aromatic rings. The van der Waals surface area contributed by atoms with Gasteiger partial charge in [0.05, 0.1) is 25.7 Å². The minimum atomic E-state index is -3.70. The molecule has 2 aromatic carbocycles. The van der Waals surface area contributed by atoms with E-state index in [1.54, 1.807) is 0 Å². The number of hydrogen-bond acceptors (Lipinski definition) is 6. The lowest BCUT2D eigenvalue weighted by Gasteiger charge is -2.13. The van der Waals surface area contributed by atoms with Gasteiger partial charge in [-0.25, -0.2) is 23.9 Å². The topological polar surface area (TPSA) is 96.9 Å². The van der Waals surface area contributed by atoms with Crippen molar-refractivity contribution in [3.05, 3.63) is 45.4 Å². The Bertz CT molecular complexity index is 838. The summed E-state index contributed by atoms with van der Waals surface area (Å²) in [6.07, 6.45) is 0. The van der Waals surface area contributed by atoms with E-state index >= 15 is 0 Å². The summed E-state index contributed by atoms with van der Waals surface area (Å²) in [5.41, 5.74) is 2.56. The van der Waals surface area contributed by atoms with E-state index in [0.29, 0.717) is 5.69 Å². The molecule has 11 heteroatoms. The Hall–Kier alpha value is -1.26. The number of sulfonamides is 1. The average molecular weight is 414 g/mol. The van der Waals surface area contributed by atoms with Gasteiger partial charge in [-0.05, 0) is 37.4 Å². The van der Waals surface area contributed by atoms with E-state index in [1.165, 1.54) is 37.4 Å². The van der Waals surface area contributed by atoms with Gasteiger partial charge in [0.25, 0.3) is 0 Å². The monoisotopic (exact) mass is 412 g/mol. The Balaban J connectivity index is 2.37. The van der Waals surface area contributed by atoms with E-state index in [2.05, 4.69) is 15.2 Å². The molecule has 24 heavy (non-hydrogen) atoms. The van der Waals surface area contributed by atoms with Crippen molar-refractivity contribution in [2.24, 2.45) is 0 Å². The molecular formula is C13H11Cl3N2O5S. The van der Waals surface area contributed by atoms with E-state index in [9.17, 15) is 8.42 Å². The third kappa shape index (κ3) is 4.22. The van der Waals surface area contributed by atoms with E-state index < -0.39 is 10.0 Å². The fourth-order valence-electron chi connectivity index (χ4n) is 1.72. The molecule has 0 heterocycles. The largest absolute Gasteiger partial charge is 0.453 e. The molecule has 0 bridgehead atoms. The summed E-state index contributed by atoms with van der Waals surface area (Å²) in [5, 5.41) is 8.49. The molecular weight excluding hydrogens is 403 g/mol. The maximum atomic E-state index is 11.8. The first-order valence-electron chi connectivity index (χ1n) is 6.25. The van der Waals surface area contributed by atoms with Crippen LogP contribution in [0.2, 0.25) is 15.1 Å². The first-order valence-corrected chi connectivity index (χ1v) is 8.86.